The van der Waals surface area contributed by atoms with Crippen LogP contribution in [0, 0.1) is 0 Å². The number of rotatable bonds is 3. The summed E-state index contributed by atoms with van der Waals surface area (Å²) in [5, 5.41) is 2.65. The van der Waals surface area contributed by atoms with E-state index in [9.17, 15) is 18.0 Å². The number of hydrogen-bond donors (Lipinski definition) is 1. The molecular formula is C6H8F3NOS. The smallest absolute Gasteiger partial charge is 0.383 e. The normalized spacial score (nSPS) is 12.9. The first kappa shape index (κ1) is 11.4. The zero-order valence-corrected chi connectivity index (χ0v) is 7.34. The summed E-state index contributed by atoms with van der Waals surface area (Å²) in [5.41, 5.74) is 0. The number of alkyl halides is 3. The number of nitrogens with one attached hydrogen (secondary N) is 1. The van der Waals surface area contributed by atoms with E-state index in [0.717, 1.165) is 11.8 Å². The second kappa shape index (κ2) is 4.39. The fraction of sp³-hybridized carbons (Fsp3) is 0.500. The highest BCUT2D eigenvalue weighted by molar-refractivity contribution is 8.02. The van der Waals surface area contributed by atoms with Gasteiger partial charge in [-0.3, -0.25) is 4.79 Å². The molecular weight excluding hydrogens is 191 g/mol. The third-order valence-electron chi connectivity index (χ3n) is 1.01. The molecule has 0 aromatic heterocycles. The van der Waals surface area contributed by atoms with Crippen molar-refractivity contribution in [2.24, 2.45) is 0 Å². The fourth-order valence-corrected chi connectivity index (χ4v) is 0.863. The Labute approximate surface area is 72.2 Å². The van der Waals surface area contributed by atoms with Crippen LogP contribution in [0.2, 0.25) is 0 Å². The van der Waals surface area contributed by atoms with Crippen LogP contribution in [0.15, 0.2) is 11.1 Å². The van der Waals surface area contributed by atoms with Gasteiger partial charge in [0.1, 0.15) is 0 Å². The first-order valence-corrected chi connectivity index (χ1v) is 4.19. The van der Waals surface area contributed by atoms with E-state index in [0.29, 0.717) is 6.08 Å². The van der Waals surface area contributed by atoms with Crippen LogP contribution in [0.4, 0.5) is 13.2 Å². The number of halogens is 3. The minimum atomic E-state index is -4.78. The van der Waals surface area contributed by atoms with E-state index in [-0.39, 0.29) is 5.03 Å². The topological polar surface area (TPSA) is 29.1 Å². The van der Waals surface area contributed by atoms with Crippen LogP contribution in [0.5, 0.6) is 0 Å². The van der Waals surface area contributed by atoms with E-state index in [4.69, 9.17) is 0 Å². The van der Waals surface area contributed by atoms with Crippen molar-refractivity contribution in [2.45, 2.75) is 6.18 Å². The van der Waals surface area contributed by atoms with Gasteiger partial charge in [0, 0.05) is 13.1 Å². The quantitative estimate of drug-likeness (QED) is 0.699. The molecule has 0 amide bonds. The van der Waals surface area contributed by atoms with Gasteiger partial charge in [0.2, 0.25) is 0 Å². The Hall–Kier alpha value is -0.650. The van der Waals surface area contributed by atoms with Crippen molar-refractivity contribution in [1.82, 2.24) is 5.32 Å². The molecule has 70 valence electrons. The number of allylic oxidation sites excluding steroid dienone is 1. The zero-order valence-electron chi connectivity index (χ0n) is 6.53. The largest absolute Gasteiger partial charge is 0.454 e. The first-order valence-electron chi connectivity index (χ1n) is 2.96. The number of ketones is 1. The standard InChI is InChI=1S/C6H8F3NOS/c1-10-5(12-2)3-4(11)6(7,8)9/h3,10H,1-2H3/b5-3-. The third kappa shape index (κ3) is 3.66. The van der Waals surface area contributed by atoms with Gasteiger partial charge >= 0.3 is 6.18 Å². The molecule has 0 fully saturated rings. The second-order valence-corrected chi connectivity index (χ2v) is 2.67. The Morgan fingerprint density at radius 3 is 2.25 bits per heavy atom. The van der Waals surface area contributed by atoms with Gasteiger partial charge in [-0.15, -0.1) is 11.8 Å². The number of thioether (sulfide) groups is 1. The molecule has 0 aromatic carbocycles. The molecule has 0 aliphatic carbocycles. The van der Waals surface area contributed by atoms with Crippen LogP contribution in [0.25, 0.3) is 0 Å². The van der Waals surface area contributed by atoms with Crippen LogP contribution < -0.4 is 5.32 Å². The minimum absolute atomic E-state index is 0.192. The molecule has 0 unspecified atom stereocenters. The average Bonchev–Trinajstić information content (AvgIpc) is 1.97. The van der Waals surface area contributed by atoms with Gasteiger partial charge in [-0.2, -0.15) is 13.2 Å². The van der Waals surface area contributed by atoms with Crippen molar-refractivity contribution in [1.29, 1.82) is 0 Å². The summed E-state index contributed by atoms with van der Waals surface area (Å²) in [6.07, 6.45) is -2.67. The molecule has 6 heteroatoms. The molecule has 0 aromatic rings. The maximum absolute atomic E-state index is 11.7. The van der Waals surface area contributed by atoms with Crippen molar-refractivity contribution in [3.63, 3.8) is 0 Å². The molecule has 0 radical (unpaired) electrons. The number of hydrogen-bond acceptors (Lipinski definition) is 3. The highest BCUT2D eigenvalue weighted by Gasteiger charge is 2.36. The molecule has 1 N–H and O–H groups in total. The Morgan fingerprint density at radius 1 is 1.50 bits per heavy atom. The molecule has 0 saturated heterocycles. The first-order chi connectivity index (χ1) is 5.41. The summed E-state index contributed by atoms with van der Waals surface area (Å²) in [4.78, 5) is 10.3. The van der Waals surface area contributed by atoms with Gasteiger partial charge in [-0.05, 0) is 6.26 Å². The predicted molar refractivity (Wildman–Crippen MR) is 41.7 cm³/mol. The van der Waals surface area contributed by atoms with Crippen molar-refractivity contribution < 1.29 is 18.0 Å². The van der Waals surface area contributed by atoms with Gasteiger partial charge < -0.3 is 5.32 Å². The maximum atomic E-state index is 11.7. The highest BCUT2D eigenvalue weighted by Crippen LogP contribution is 2.18. The van der Waals surface area contributed by atoms with Crippen LogP contribution in [-0.4, -0.2) is 25.3 Å². The number of carbonyl (C=O) groups is 1. The maximum Gasteiger partial charge on any atom is 0.454 e. The molecule has 0 rings (SSSR count). The lowest BCUT2D eigenvalue weighted by atomic mass is 10.4. The molecule has 0 bridgehead atoms. The van der Waals surface area contributed by atoms with Crippen LogP contribution in [0.1, 0.15) is 0 Å². The van der Waals surface area contributed by atoms with Crippen molar-refractivity contribution in [3.8, 4) is 0 Å². The van der Waals surface area contributed by atoms with Crippen molar-refractivity contribution in [2.75, 3.05) is 13.3 Å². The van der Waals surface area contributed by atoms with Gasteiger partial charge in [0.05, 0.1) is 5.03 Å². The lowest BCUT2D eigenvalue weighted by Crippen LogP contribution is -2.21. The molecule has 0 heterocycles. The summed E-state index contributed by atoms with van der Waals surface area (Å²) >= 11 is 1.04. The lowest BCUT2D eigenvalue weighted by molar-refractivity contribution is -0.165. The summed E-state index contributed by atoms with van der Waals surface area (Å²) < 4.78 is 35.0. The molecule has 0 saturated carbocycles. The van der Waals surface area contributed by atoms with E-state index in [1.807, 2.05) is 0 Å². The minimum Gasteiger partial charge on any atom is -0.383 e. The van der Waals surface area contributed by atoms with Crippen LogP contribution >= 0.6 is 11.8 Å². The van der Waals surface area contributed by atoms with E-state index >= 15 is 0 Å². The van der Waals surface area contributed by atoms with E-state index in [1.54, 1.807) is 6.26 Å². The Kier molecular flexibility index (Phi) is 4.16. The molecule has 0 aliphatic rings. The van der Waals surface area contributed by atoms with Crippen LogP contribution in [0.3, 0.4) is 0 Å². The SMILES string of the molecule is CN/C(=C/C(=O)C(F)(F)F)SC. The summed E-state index contributed by atoms with van der Waals surface area (Å²) in [6.45, 7) is 0. The molecule has 0 atom stereocenters. The highest BCUT2D eigenvalue weighted by atomic mass is 32.2. The summed E-state index contributed by atoms with van der Waals surface area (Å²) in [5.74, 6) is -1.85. The monoisotopic (exact) mass is 199 g/mol. The van der Waals surface area contributed by atoms with E-state index in [1.165, 1.54) is 7.05 Å². The van der Waals surface area contributed by atoms with Gasteiger partial charge in [0.15, 0.2) is 0 Å². The Bertz CT molecular complexity index is 193. The Balaban J connectivity index is 4.42. The lowest BCUT2D eigenvalue weighted by Gasteiger charge is -2.03. The molecule has 12 heavy (non-hydrogen) atoms. The van der Waals surface area contributed by atoms with E-state index in [2.05, 4.69) is 5.32 Å². The van der Waals surface area contributed by atoms with Crippen molar-refractivity contribution >= 4 is 17.5 Å². The third-order valence-corrected chi connectivity index (χ3v) is 1.77. The van der Waals surface area contributed by atoms with E-state index < -0.39 is 12.0 Å². The zero-order chi connectivity index (χ0) is 9.78. The van der Waals surface area contributed by atoms with Gasteiger partial charge in [0.25, 0.3) is 5.78 Å². The predicted octanol–water partition coefficient (Wildman–Crippen LogP) is 1.54. The van der Waals surface area contributed by atoms with Crippen LogP contribution in [-0.2, 0) is 4.79 Å². The van der Waals surface area contributed by atoms with Crippen molar-refractivity contribution in [3.05, 3.63) is 11.1 Å². The summed E-state index contributed by atoms with van der Waals surface area (Å²) in [6, 6.07) is 0. The average molecular weight is 199 g/mol. The van der Waals surface area contributed by atoms with Gasteiger partial charge in [-0.1, -0.05) is 0 Å². The molecule has 0 aliphatic heterocycles. The second-order valence-electron chi connectivity index (χ2n) is 1.82. The molecule has 2 nitrogen and oxygen atoms in total. The Morgan fingerprint density at radius 2 is 2.00 bits per heavy atom. The number of carbonyl (C=O) groups excluding carboxylic acids is 1. The fourth-order valence-electron chi connectivity index (χ4n) is 0.434. The summed E-state index contributed by atoms with van der Waals surface area (Å²) in [7, 11) is 1.45. The van der Waals surface area contributed by atoms with Gasteiger partial charge in [-0.25, -0.2) is 0 Å². The molecule has 0 spiro atoms.